The minimum absolute atomic E-state index is 0.252. The van der Waals surface area contributed by atoms with Crippen LogP contribution in [0.15, 0.2) is 0 Å². The molecule has 0 bridgehead atoms. The Morgan fingerprint density at radius 2 is 1.55 bits per heavy atom. The van der Waals surface area contributed by atoms with Crippen molar-refractivity contribution >= 4 is 0 Å². The van der Waals surface area contributed by atoms with Crippen molar-refractivity contribution in [3.8, 4) is 17.2 Å². The van der Waals surface area contributed by atoms with Crippen molar-refractivity contribution < 1.29 is 14.2 Å². The molecular weight excluding hydrogens is 278 g/mol. The summed E-state index contributed by atoms with van der Waals surface area (Å²) < 4.78 is 17.9. The molecule has 1 aliphatic carbocycles. The lowest BCUT2D eigenvalue weighted by molar-refractivity contribution is 0.243. The average Bonchev–Trinajstić information content (AvgIpc) is 2.99. The molecule has 0 saturated heterocycles. The second-order valence-corrected chi connectivity index (χ2v) is 6.79. The van der Waals surface area contributed by atoms with Crippen molar-refractivity contribution in [2.45, 2.75) is 56.9 Å². The van der Waals surface area contributed by atoms with Gasteiger partial charge in [0.05, 0.1) is 20.3 Å². The minimum atomic E-state index is -0.252. The highest BCUT2D eigenvalue weighted by Crippen LogP contribution is 2.53. The topological polar surface area (TPSA) is 53.7 Å². The zero-order valence-electron chi connectivity index (χ0n) is 13.4. The van der Waals surface area contributed by atoms with E-state index in [4.69, 9.17) is 19.9 Å². The molecule has 4 heteroatoms. The van der Waals surface area contributed by atoms with Crippen molar-refractivity contribution in [1.82, 2.24) is 0 Å². The van der Waals surface area contributed by atoms with Gasteiger partial charge in [0.1, 0.15) is 5.75 Å². The monoisotopic (exact) mass is 303 g/mol. The smallest absolute Gasteiger partial charge is 0.167 e. The third-order valence-corrected chi connectivity index (χ3v) is 5.39. The Morgan fingerprint density at radius 3 is 2.23 bits per heavy atom. The van der Waals surface area contributed by atoms with Gasteiger partial charge in [0.25, 0.3) is 0 Å². The van der Waals surface area contributed by atoms with E-state index < -0.39 is 0 Å². The summed E-state index contributed by atoms with van der Waals surface area (Å²) in [5.74, 6) is 2.83. The second-order valence-electron chi connectivity index (χ2n) is 6.79. The lowest BCUT2D eigenvalue weighted by Gasteiger charge is -2.36. The first-order valence-electron chi connectivity index (χ1n) is 8.55. The molecule has 0 atom stereocenters. The first-order chi connectivity index (χ1) is 10.7. The molecule has 0 amide bonds. The van der Waals surface area contributed by atoms with Gasteiger partial charge in [-0.1, -0.05) is 12.8 Å². The maximum absolute atomic E-state index is 6.84. The van der Waals surface area contributed by atoms with E-state index in [-0.39, 0.29) is 5.54 Å². The molecule has 1 aromatic rings. The molecule has 22 heavy (non-hydrogen) atoms. The molecule has 120 valence electrons. The third kappa shape index (κ3) is 2.00. The van der Waals surface area contributed by atoms with E-state index in [1.54, 1.807) is 7.11 Å². The van der Waals surface area contributed by atoms with Gasteiger partial charge < -0.3 is 19.9 Å². The molecule has 1 fully saturated rings. The van der Waals surface area contributed by atoms with Crippen LogP contribution in [0.3, 0.4) is 0 Å². The summed E-state index contributed by atoms with van der Waals surface area (Å²) in [6.07, 6.45) is 8.55. The number of benzene rings is 1. The van der Waals surface area contributed by atoms with Crippen molar-refractivity contribution in [3.05, 3.63) is 16.7 Å². The third-order valence-electron chi connectivity index (χ3n) is 5.39. The average molecular weight is 303 g/mol. The molecule has 3 aliphatic rings. The summed E-state index contributed by atoms with van der Waals surface area (Å²) in [6, 6.07) is 0. The summed E-state index contributed by atoms with van der Waals surface area (Å²) in [7, 11) is 1.73. The summed E-state index contributed by atoms with van der Waals surface area (Å²) in [5.41, 5.74) is 10.2. The van der Waals surface area contributed by atoms with Crippen molar-refractivity contribution in [1.29, 1.82) is 0 Å². The van der Waals surface area contributed by atoms with Gasteiger partial charge in [-0.25, -0.2) is 0 Å². The Kier molecular flexibility index (Phi) is 3.44. The second kappa shape index (κ2) is 5.34. The van der Waals surface area contributed by atoms with Gasteiger partial charge in [-0.15, -0.1) is 0 Å². The fourth-order valence-electron chi connectivity index (χ4n) is 4.40. The number of nitrogens with two attached hydrogens (primary N) is 1. The molecule has 2 aliphatic heterocycles. The lowest BCUT2D eigenvalue weighted by atomic mass is 9.80. The van der Waals surface area contributed by atoms with Crippen LogP contribution >= 0.6 is 0 Å². The lowest BCUT2D eigenvalue weighted by Crippen LogP contribution is -2.36. The number of methoxy groups -OCH3 is 1. The van der Waals surface area contributed by atoms with Crippen LogP contribution in [0.5, 0.6) is 17.2 Å². The number of ether oxygens (including phenoxy) is 3. The molecule has 0 aromatic heterocycles. The summed E-state index contributed by atoms with van der Waals surface area (Å²) in [4.78, 5) is 0. The molecule has 0 spiro atoms. The van der Waals surface area contributed by atoms with Crippen molar-refractivity contribution in [2.75, 3.05) is 20.3 Å². The van der Waals surface area contributed by atoms with Crippen LogP contribution < -0.4 is 19.9 Å². The first kappa shape index (κ1) is 14.2. The van der Waals surface area contributed by atoms with E-state index >= 15 is 0 Å². The maximum Gasteiger partial charge on any atom is 0.167 e. The summed E-state index contributed by atoms with van der Waals surface area (Å²) in [5, 5.41) is 0. The standard InChI is InChI=1S/C18H25NO3/c1-20-16-13-7-5-10-21-15(13)14(18(19)8-2-3-9-18)12-6-4-11-22-17(12)16/h2-11,19H2,1H3. The number of hydrogen-bond donors (Lipinski definition) is 1. The van der Waals surface area contributed by atoms with Gasteiger partial charge in [-0.2, -0.15) is 0 Å². The van der Waals surface area contributed by atoms with Gasteiger partial charge >= 0.3 is 0 Å². The van der Waals surface area contributed by atoms with Gasteiger partial charge in [0.15, 0.2) is 11.5 Å². The minimum Gasteiger partial charge on any atom is -0.493 e. The highest BCUT2D eigenvalue weighted by molar-refractivity contribution is 5.66. The van der Waals surface area contributed by atoms with Crippen LogP contribution in [-0.4, -0.2) is 20.3 Å². The SMILES string of the molecule is COc1c2c(c(C3(N)CCCC3)c3c1OCCC3)OCCC2. The number of rotatable bonds is 2. The Morgan fingerprint density at radius 1 is 0.909 bits per heavy atom. The van der Waals surface area contributed by atoms with Gasteiger partial charge in [-0.05, 0) is 38.5 Å². The Bertz CT molecular complexity index is 553. The van der Waals surface area contributed by atoms with Crippen LogP contribution in [-0.2, 0) is 18.4 Å². The predicted molar refractivity (Wildman–Crippen MR) is 85.0 cm³/mol. The Labute approximate surface area is 131 Å². The highest BCUT2D eigenvalue weighted by Gasteiger charge is 2.41. The van der Waals surface area contributed by atoms with E-state index in [9.17, 15) is 0 Å². The van der Waals surface area contributed by atoms with Crippen molar-refractivity contribution in [2.24, 2.45) is 5.73 Å². The highest BCUT2D eigenvalue weighted by atomic mass is 16.5. The van der Waals surface area contributed by atoms with E-state index in [1.165, 1.54) is 29.5 Å². The fourth-order valence-corrected chi connectivity index (χ4v) is 4.40. The molecule has 1 saturated carbocycles. The molecule has 2 N–H and O–H groups in total. The van der Waals surface area contributed by atoms with Gasteiger partial charge in [-0.3, -0.25) is 0 Å². The Hall–Kier alpha value is -1.42. The molecule has 1 aromatic carbocycles. The van der Waals surface area contributed by atoms with Crippen LogP contribution in [0.4, 0.5) is 0 Å². The summed E-state index contributed by atoms with van der Waals surface area (Å²) in [6.45, 7) is 1.54. The van der Waals surface area contributed by atoms with Crippen LogP contribution in [0.2, 0.25) is 0 Å². The quantitative estimate of drug-likeness (QED) is 0.912. The molecule has 0 radical (unpaired) electrons. The van der Waals surface area contributed by atoms with E-state index in [0.717, 1.165) is 69.0 Å². The zero-order valence-corrected chi connectivity index (χ0v) is 13.4. The number of fused-ring (bicyclic) bond motifs is 2. The van der Waals surface area contributed by atoms with Gasteiger partial charge in [0, 0.05) is 22.2 Å². The van der Waals surface area contributed by atoms with E-state index in [1.807, 2.05) is 0 Å². The zero-order chi connectivity index (χ0) is 15.2. The molecule has 4 rings (SSSR count). The first-order valence-corrected chi connectivity index (χ1v) is 8.55. The van der Waals surface area contributed by atoms with Crippen LogP contribution in [0.1, 0.15) is 55.2 Å². The largest absolute Gasteiger partial charge is 0.493 e. The normalized spacial score (nSPS) is 22.3. The van der Waals surface area contributed by atoms with Crippen molar-refractivity contribution in [3.63, 3.8) is 0 Å². The fraction of sp³-hybridized carbons (Fsp3) is 0.667. The van der Waals surface area contributed by atoms with Crippen LogP contribution in [0, 0.1) is 0 Å². The van der Waals surface area contributed by atoms with E-state index in [2.05, 4.69) is 0 Å². The molecule has 0 unspecified atom stereocenters. The van der Waals surface area contributed by atoms with E-state index in [0.29, 0.717) is 0 Å². The van der Waals surface area contributed by atoms with Crippen LogP contribution in [0.25, 0.3) is 0 Å². The number of hydrogen-bond acceptors (Lipinski definition) is 4. The molecule has 2 heterocycles. The summed E-state index contributed by atoms with van der Waals surface area (Å²) >= 11 is 0. The van der Waals surface area contributed by atoms with Gasteiger partial charge in [0.2, 0.25) is 0 Å². The predicted octanol–water partition coefficient (Wildman–Crippen LogP) is 3.07. The molecule has 4 nitrogen and oxygen atoms in total. The molecular formula is C18H25NO3. The Balaban J connectivity index is 1.99. The maximum atomic E-state index is 6.84.